The lowest BCUT2D eigenvalue weighted by atomic mass is 10.1. The number of nitrogens with zero attached hydrogens (tertiary/aromatic N) is 2. The van der Waals surface area contributed by atoms with Crippen molar-refractivity contribution in [1.29, 1.82) is 0 Å². The second kappa shape index (κ2) is 6.39. The number of carbonyl (C=O) groups is 2. The van der Waals surface area contributed by atoms with Gasteiger partial charge in [0.25, 0.3) is 0 Å². The number of anilines is 2. The van der Waals surface area contributed by atoms with Gasteiger partial charge in [-0.25, -0.2) is 8.78 Å². The molecular formula is C18H16F2N2O2. The monoisotopic (exact) mass is 330 g/mol. The highest BCUT2D eigenvalue weighted by molar-refractivity contribution is 6.05. The van der Waals surface area contributed by atoms with Crippen LogP contribution in [-0.2, 0) is 16.0 Å². The number of amides is 2. The van der Waals surface area contributed by atoms with Crippen molar-refractivity contribution >= 4 is 23.2 Å². The molecule has 124 valence electrons. The molecule has 0 radical (unpaired) electrons. The summed E-state index contributed by atoms with van der Waals surface area (Å²) in [5.74, 6) is -2.47. The molecule has 0 spiro atoms. The average Bonchev–Trinajstić information content (AvgIpc) is 2.70. The zero-order chi connectivity index (χ0) is 17.3. The lowest BCUT2D eigenvalue weighted by molar-refractivity contribution is -0.118. The van der Waals surface area contributed by atoms with Gasteiger partial charge in [-0.1, -0.05) is 24.3 Å². The van der Waals surface area contributed by atoms with Crippen LogP contribution in [0, 0.1) is 11.6 Å². The second-order valence-electron chi connectivity index (χ2n) is 5.63. The summed E-state index contributed by atoms with van der Waals surface area (Å²) >= 11 is 0. The van der Waals surface area contributed by atoms with Crippen LogP contribution in [0.3, 0.4) is 0 Å². The molecule has 24 heavy (non-hydrogen) atoms. The molecule has 0 unspecified atom stereocenters. The van der Waals surface area contributed by atoms with Gasteiger partial charge in [0.05, 0.1) is 17.8 Å². The lowest BCUT2D eigenvalue weighted by Gasteiger charge is -2.23. The number of halogens is 2. The first kappa shape index (κ1) is 16.1. The molecule has 1 aliphatic rings. The zero-order valence-corrected chi connectivity index (χ0v) is 13.1. The minimum atomic E-state index is -1.01. The maximum Gasteiger partial charge on any atom is 0.231 e. The molecule has 2 aromatic rings. The van der Waals surface area contributed by atoms with Gasteiger partial charge in [-0.2, -0.15) is 0 Å². The molecule has 0 N–H and O–H groups in total. The van der Waals surface area contributed by atoms with Crippen molar-refractivity contribution in [3.8, 4) is 0 Å². The van der Waals surface area contributed by atoms with Gasteiger partial charge in [0.2, 0.25) is 11.8 Å². The Labute approximate surface area is 138 Å². The standard InChI is InChI=1S/C18H16F2N2O2/c1-21-14-7-2-3-8-15(14)22(10-9-16(21)23)17(24)11-12-5-4-6-13(19)18(12)20/h2-8H,9-11H2,1H3. The number of rotatable bonds is 2. The van der Waals surface area contributed by atoms with Gasteiger partial charge in [0.15, 0.2) is 11.6 Å². The van der Waals surface area contributed by atoms with E-state index in [1.807, 2.05) is 0 Å². The first-order chi connectivity index (χ1) is 11.5. The highest BCUT2D eigenvalue weighted by Crippen LogP contribution is 2.32. The third-order valence-corrected chi connectivity index (χ3v) is 4.13. The summed E-state index contributed by atoms with van der Waals surface area (Å²) in [5.41, 5.74) is 1.21. The fraction of sp³-hybridized carbons (Fsp3) is 0.222. The van der Waals surface area contributed by atoms with E-state index in [0.717, 1.165) is 6.07 Å². The molecule has 0 atom stereocenters. The Morgan fingerprint density at radius 3 is 2.54 bits per heavy atom. The molecule has 0 saturated heterocycles. The van der Waals surface area contributed by atoms with Crippen molar-refractivity contribution in [3.05, 3.63) is 59.7 Å². The Bertz CT molecular complexity index is 807. The van der Waals surface area contributed by atoms with Crippen LogP contribution in [0.4, 0.5) is 20.2 Å². The maximum absolute atomic E-state index is 13.8. The predicted octanol–water partition coefficient (Wildman–Crippen LogP) is 2.91. The predicted molar refractivity (Wildman–Crippen MR) is 86.9 cm³/mol. The number of benzene rings is 2. The Kier molecular flexibility index (Phi) is 4.29. The minimum Gasteiger partial charge on any atom is -0.313 e. The van der Waals surface area contributed by atoms with Gasteiger partial charge in [-0.05, 0) is 18.2 Å². The average molecular weight is 330 g/mol. The summed E-state index contributed by atoms with van der Waals surface area (Å²) in [6.45, 7) is 0.204. The van der Waals surface area contributed by atoms with Gasteiger partial charge < -0.3 is 9.80 Å². The van der Waals surface area contributed by atoms with Gasteiger partial charge >= 0.3 is 0 Å². The molecule has 0 aliphatic carbocycles. The maximum atomic E-state index is 13.8. The number of hydrogen-bond acceptors (Lipinski definition) is 2. The quantitative estimate of drug-likeness (QED) is 0.849. The van der Waals surface area contributed by atoms with E-state index >= 15 is 0 Å². The minimum absolute atomic E-state index is 0.00130. The Morgan fingerprint density at radius 1 is 1.08 bits per heavy atom. The van der Waals surface area contributed by atoms with Crippen molar-refractivity contribution in [1.82, 2.24) is 0 Å². The summed E-state index contributed by atoms with van der Waals surface area (Å²) in [4.78, 5) is 27.7. The fourth-order valence-corrected chi connectivity index (χ4v) is 2.81. The van der Waals surface area contributed by atoms with Crippen LogP contribution in [0.5, 0.6) is 0 Å². The number of carbonyl (C=O) groups excluding carboxylic acids is 2. The molecule has 1 aliphatic heterocycles. The first-order valence-corrected chi connectivity index (χ1v) is 7.58. The smallest absolute Gasteiger partial charge is 0.231 e. The third-order valence-electron chi connectivity index (χ3n) is 4.13. The SMILES string of the molecule is CN1C(=O)CCN(C(=O)Cc2cccc(F)c2F)c2ccccc21. The van der Waals surface area contributed by atoms with Gasteiger partial charge in [-0.15, -0.1) is 0 Å². The van der Waals surface area contributed by atoms with E-state index in [9.17, 15) is 18.4 Å². The van der Waals surface area contributed by atoms with Crippen molar-refractivity contribution in [3.63, 3.8) is 0 Å². The molecule has 6 heteroatoms. The summed E-state index contributed by atoms with van der Waals surface area (Å²) < 4.78 is 27.1. The van der Waals surface area contributed by atoms with E-state index in [1.165, 1.54) is 21.9 Å². The molecule has 3 rings (SSSR count). The molecule has 0 bridgehead atoms. The largest absolute Gasteiger partial charge is 0.313 e. The zero-order valence-electron chi connectivity index (χ0n) is 13.1. The van der Waals surface area contributed by atoms with Crippen LogP contribution >= 0.6 is 0 Å². The van der Waals surface area contributed by atoms with E-state index in [2.05, 4.69) is 0 Å². The second-order valence-corrected chi connectivity index (χ2v) is 5.63. The van der Waals surface area contributed by atoms with Crippen LogP contribution in [0.1, 0.15) is 12.0 Å². The third kappa shape index (κ3) is 2.87. The Balaban J connectivity index is 1.93. The van der Waals surface area contributed by atoms with E-state index in [4.69, 9.17) is 0 Å². The molecule has 2 aromatic carbocycles. The Morgan fingerprint density at radius 2 is 1.79 bits per heavy atom. The van der Waals surface area contributed by atoms with Gasteiger partial charge in [0, 0.05) is 25.6 Å². The molecule has 1 heterocycles. The van der Waals surface area contributed by atoms with Crippen LogP contribution in [0.2, 0.25) is 0 Å². The molecule has 0 saturated carbocycles. The molecule has 0 fully saturated rings. The molecule has 4 nitrogen and oxygen atoms in total. The fourth-order valence-electron chi connectivity index (χ4n) is 2.81. The number of fused-ring (bicyclic) bond motifs is 1. The lowest BCUT2D eigenvalue weighted by Crippen LogP contribution is -2.33. The summed E-state index contributed by atoms with van der Waals surface area (Å²) in [6, 6.07) is 10.8. The number of hydrogen-bond donors (Lipinski definition) is 0. The molecule has 2 amide bonds. The van der Waals surface area contributed by atoms with E-state index in [1.54, 1.807) is 31.3 Å². The summed E-state index contributed by atoms with van der Waals surface area (Å²) in [5, 5.41) is 0. The van der Waals surface area contributed by atoms with E-state index in [0.29, 0.717) is 11.4 Å². The Hall–Kier alpha value is -2.76. The van der Waals surface area contributed by atoms with Crippen LogP contribution in [-0.4, -0.2) is 25.4 Å². The van der Waals surface area contributed by atoms with E-state index in [-0.39, 0.29) is 36.8 Å². The highest BCUT2D eigenvalue weighted by atomic mass is 19.2. The topological polar surface area (TPSA) is 40.6 Å². The normalized spacial score (nSPS) is 14.4. The highest BCUT2D eigenvalue weighted by Gasteiger charge is 2.27. The van der Waals surface area contributed by atoms with Crippen molar-refractivity contribution in [2.24, 2.45) is 0 Å². The van der Waals surface area contributed by atoms with Crippen molar-refractivity contribution in [2.75, 3.05) is 23.4 Å². The van der Waals surface area contributed by atoms with Crippen molar-refractivity contribution < 1.29 is 18.4 Å². The number of para-hydroxylation sites is 2. The van der Waals surface area contributed by atoms with Gasteiger partial charge in [0.1, 0.15) is 0 Å². The summed E-state index contributed by atoms with van der Waals surface area (Å²) in [6.07, 6.45) is -0.0988. The van der Waals surface area contributed by atoms with Crippen LogP contribution in [0.25, 0.3) is 0 Å². The van der Waals surface area contributed by atoms with Gasteiger partial charge in [-0.3, -0.25) is 9.59 Å². The van der Waals surface area contributed by atoms with Crippen LogP contribution in [0.15, 0.2) is 42.5 Å². The summed E-state index contributed by atoms with van der Waals surface area (Å²) in [7, 11) is 1.65. The molecular weight excluding hydrogens is 314 g/mol. The van der Waals surface area contributed by atoms with E-state index < -0.39 is 11.6 Å². The van der Waals surface area contributed by atoms with Crippen molar-refractivity contribution in [2.45, 2.75) is 12.8 Å². The molecule has 0 aromatic heterocycles. The first-order valence-electron chi connectivity index (χ1n) is 7.58. The van der Waals surface area contributed by atoms with Crippen LogP contribution < -0.4 is 9.80 Å².